The van der Waals surface area contributed by atoms with Gasteiger partial charge in [0.1, 0.15) is 0 Å². The Kier molecular flexibility index (Phi) is 5.86. The van der Waals surface area contributed by atoms with Gasteiger partial charge in [-0.25, -0.2) is 0 Å². The molecule has 0 atom stereocenters. The minimum absolute atomic E-state index is 0. The lowest BCUT2D eigenvalue weighted by Crippen LogP contribution is -1.67. The van der Waals surface area contributed by atoms with Crippen LogP contribution in [0.3, 0.4) is 0 Å². The molecule has 0 saturated carbocycles. The first-order chi connectivity index (χ1) is 8.43. The number of hydrogen-bond donors (Lipinski definition) is 6. The van der Waals surface area contributed by atoms with E-state index in [1.807, 2.05) is 0 Å². The fourth-order valence-electron chi connectivity index (χ4n) is 1.04. The molecule has 0 fully saturated rings. The molecule has 6 N–H and O–H groups in total. The summed E-state index contributed by atoms with van der Waals surface area (Å²) in [7, 11) is 0. The molecule has 0 saturated heterocycles. The fraction of sp³-hybridized carbons (Fsp3) is 0.0769. The van der Waals surface area contributed by atoms with Crippen LogP contribution in [-0.2, 0) is 0 Å². The number of para-hydroxylation sites is 2. The molecule has 0 aliphatic carbocycles. The van der Waals surface area contributed by atoms with E-state index in [0.717, 1.165) is 0 Å². The van der Waals surface area contributed by atoms with E-state index in [1.54, 1.807) is 0 Å². The molecular formula is C13H16O6. The van der Waals surface area contributed by atoms with Gasteiger partial charge in [0.2, 0.25) is 0 Å². The molecule has 6 nitrogen and oxygen atoms in total. The Balaban J connectivity index is 0.000000324. The zero-order valence-corrected chi connectivity index (χ0v) is 9.15. The van der Waals surface area contributed by atoms with Gasteiger partial charge in [-0.3, -0.25) is 0 Å². The van der Waals surface area contributed by atoms with Crippen molar-refractivity contribution >= 4 is 0 Å². The number of phenolic OH excluding ortho intramolecular Hbond substituents is 6. The second kappa shape index (κ2) is 6.85. The van der Waals surface area contributed by atoms with E-state index < -0.39 is 11.5 Å². The molecule has 0 aliphatic heterocycles. The van der Waals surface area contributed by atoms with Gasteiger partial charge in [0.15, 0.2) is 34.5 Å². The summed E-state index contributed by atoms with van der Waals surface area (Å²) >= 11 is 0. The average Bonchev–Trinajstić information content (AvgIpc) is 2.34. The standard InChI is InChI=1S/2C6H6O3.CH4/c2*7-4-2-1-3-5(8)6(4)9;/h2*1-3,7-9H;1H4. The molecule has 2 aromatic carbocycles. The van der Waals surface area contributed by atoms with Gasteiger partial charge in [-0.05, 0) is 24.3 Å². The Bertz CT molecular complexity index is 449. The third-order valence-electron chi connectivity index (χ3n) is 1.99. The largest absolute Gasteiger partial charge is 0.504 e. The summed E-state index contributed by atoms with van der Waals surface area (Å²) in [6.07, 6.45) is 0. The number of benzene rings is 2. The van der Waals surface area contributed by atoms with Crippen LogP contribution in [0.15, 0.2) is 36.4 Å². The first-order valence-electron chi connectivity index (χ1n) is 4.83. The molecule has 0 heterocycles. The summed E-state index contributed by atoms with van der Waals surface area (Å²) < 4.78 is 0. The fourth-order valence-corrected chi connectivity index (χ4v) is 1.04. The van der Waals surface area contributed by atoms with Crippen molar-refractivity contribution in [2.45, 2.75) is 7.43 Å². The summed E-state index contributed by atoms with van der Waals surface area (Å²) in [5, 5.41) is 52.2. The molecule has 0 aliphatic rings. The lowest BCUT2D eigenvalue weighted by atomic mass is 10.3. The molecule has 104 valence electrons. The monoisotopic (exact) mass is 268 g/mol. The van der Waals surface area contributed by atoms with Crippen molar-refractivity contribution in [2.24, 2.45) is 0 Å². The van der Waals surface area contributed by atoms with E-state index in [9.17, 15) is 0 Å². The second-order valence-electron chi connectivity index (χ2n) is 3.29. The second-order valence-corrected chi connectivity index (χ2v) is 3.29. The van der Waals surface area contributed by atoms with Crippen LogP contribution in [0.4, 0.5) is 0 Å². The Labute approximate surface area is 110 Å². The SMILES string of the molecule is C.Oc1cccc(O)c1O.Oc1cccc(O)c1O. The van der Waals surface area contributed by atoms with Crippen LogP contribution < -0.4 is 0 Å². The predicted octanol–water partition coefficient (Wildman–Crippen LogP) is 2.24. The number of rotatable bonds is 0. The smallest absolute Gasteiger partial charge is 0.200 e. The Morgan fingerprint density at radius 2 is 0.684 bits per heavy atom. The number of phenols is 6. The van der Waals surface area contributed by atoms with Gasteiger partial charge in [0.05, 0.1) is 0 Å². The third-order valence-corrected chi connectivity index (χ3v) is 1.99. The van der Waals surface area contributed by atoms with Crippen LogP contribution in [0.1, 0.15) is 7.43 Å². The number of aromatic hydroxyl groups is 6. The Morgan fingerprint density at radius 1 is 0.474 bits per heavy atom. The lowest BCUT2D eigenvalue weighted by Gasteiger charge is -1.96. The highest BCUT2D eigenvalue weighted by Gasteiger charge is 2.01. The van der Waals surface area contributed by atoms with E-state index in [4.69, 9.17) is 30.6 Å². The van der Waals surface area contributed by atoms with Crippen LogP contribution in [0.2, 0.25) is 0 Å². The molecule has 19 heavy (non-hydrogen) atoms. The van der Waals surface area contributed by atoms with E-state index in [-0.39, 0.29) is 30.4 Å². The first kappa shape index (κ1) is 16.2. The molecule has 0 spiro atoms. The van der Waals surface area contributed by atoms with Crippen LogP contribution in [0, 0.1) is 0 Å². The van der Waals surface area contributed by atoms with Gasteiger partial charge in [-0.1, -0.05) is 19.6 Å². The maximum atomic E-state index is 8.71. The predicted molar refractivity (Wildman–Crippen MR) is 69.6 cm³/mol. The Morgan fingerprint density at radius 3 is 0.842 bits per heavy atom. The van der Waals surface area contributed by atoms with E-state index in [2.05, 4.69) is 0 Å². The van der Waals surface area contributed by atoms with Crippen LogP contribution in [0.25, 0.3) is 0 Å². The summed E-state index contributed by atoms with van der Waals surface area (Å²) in [4.78, 5) is 0. The van der Waals surface area contributed by atoms with Crippen molar-refractivity contribution in [1.29, 1.82) is 0 Å². The van der Waals surface area contributed by atoms with Gasteiger partial charge in [0, 0.05) is 0 Å². The van der Waals surface area contributed by atoms with E-state index >= 15 is 0 Å². The van der Waals surface area contributed by atoms with Crippen LogP contribution >= 0.6 is 0 Å². The maximum Gasteiger partial charge on any atom is 0.200 e. The van der Waals surface area contributed by atoms with Gasteiger partial charge in [0.25, 0.3) is 0 Å². The normalized spacial score (nSPS) is 8.84. The molecule has 0 radical (unpaired) electrons. The first-order valence-corrected chi connectivity index (χ1v) is 4.83. The van der Waals surface area contributed by atoms with Crippen LogP contribution in [0.5, 0.6) is 34.5 Å². The molecule has 2 aromatic rings. The maximum absolute atomic E-state index is 8.71. The zero-order valence-electron chi connectivity index (χ0n) is 9.15. The van der Waals surface area contributed by atoms with Crippen molar-refractivity contribution in [3.05, 3.63) is 36.4 Å². The highest BCUT2D eigenvalue weighted by Crippen LogP contribution is 2.33. The van der Waals surface area contributed by atoms with Crippen molar-refractivity contribution < 1.29 is 30.6 Å². The molecule has 6 heteroatoms. The van der Waals surface area contributed by atoms with E-state index in [1.165, 1.54) is 36.4 Å². The quantitative estimate of drug-likeness (QED) is 0.407. The summed E-state index contributed by atoms with van der Waals surface area (Å²) in [6.45, 7) is 0. The van der Waals surface area contributed by atoms with Crippen LogP contribution in [-0.4, -0.2) is 30.6 Å². The summed E-state index contributed by atoms with van der Waals surface area (Å²) in [5.74, 6) is -2.19. The third kappa shape index (κ3) is 4.19. The van der Waals surface area contributed by atoms with E-state index in [0.29, 0.717) is 0 Å². The molecule has 2 rings (SSSR count). The molecule has 0 unspecified atom stereocenters. The molecule has 0 amide bonds. The Hall–Kier alpha value is -2.76. The highest BCUT2D eigenvalue weighted by atomic mass is 16.3. The van der Waals surface area contributed by atoms with Crippen molar-refractivity contribution in [2.75, 3.05) is 0 Å². The number of hydrogen-bond acceptors (Lipinski definition) is 6. The summed E-state index contributed by atoms with van der Waals surface area (Å²) in [6, 6.07) is 8.02. The average molecular weight is 268 g/mol. The van der Waals surface area contributed by atoms with Crippen molar-refractivity contribution in [1.82, 2.24) is 0 Å². The van der Waals surface area contributed by atoms with Gasteiger partial charge >= 0.3 is 0 Å². The van der Waals surface area contributed by atoms with Crippen molar-refractivity contribution in [3.8, 4) is 34.5 Å². The zero-order chi connectivity index (χ0) is 13.7. The van der Waals surface area contributed by atoms with Gasteiger partial charge in [-0.2, -0.15) is 0 Å². The summed E-state index contributed by atoms with van der Waals surface area (Å²) in [5.41, 5.74) is 0. The van der Waals surface area contributed by atoms with Gasteiger partial charge < -0.3 is 30.6 Å². The minimum atomic E-state index is -0.475. The molecule has 0 bridgehead atoms. The highest BCUT2D eigenvalue weighted by molar-refractivity contribution is 5.48. The van der Waals surface area contributed by atoms with Crippen molar-refractivity contribution in [3.63, 3.8) is 0 Å². The van der Waals surface area contributed by atoms with Gasteiger partial charge in [-0.15, -0.1) is 0 Å². The molecular weight excluding hydrogens is 252 g/mol. The lowest BCUT2D eigenvalue weighted by molar-refractivity contribution is 0.368. The topological polar surface area (TPSA) is 121 Å². The molecule has 0 aromatic heterocycles. The minimum Gasteiger partial charge on any atom is -0.504 e.